The third kappa shape index (κ3) is 2.38. The number of ether oxygens (including phenoxy) is 1. The molecule has 3 fully saturated rings. The second-order valence-corrected chi connectivity index (χ2v) is 6.30. The van der Waals surface area contributed by atoms with Crippen LogP contribution < -0.4 is 5.32 Å². The van der Waals surface area contributed by atoms with E-state index in [1.165, 1.54) is 6.21 Å². The summed E-state index contributed by atoms with van der Waals surface area (Å²) >= 11 is 0. The smallest absolute Gasteiger partial charge is 0.227 e. The van der Waals surface area contributed by atoms with Crippen molar-refractivity contribution in [2.45, 2.75) is 44.2 Å². The normalized spacial score (nSPS) is 30.7. The van der Waals surface area contributed by atoms with Gasteiger partial charge in [-0.1, -0.05) is 30.3 Å². The van der Waals surface area contributed by atoms with E-state index in [-0.39, 0.29) is 23.0 Å². The zero-order valence-electron chi connectivity index (χ0n) is 12.4. The number of hydrogen-bond donors (Lipinski definition) is 2. The highest BCUT2D eigenvalue weighted by Crippen LogP contribution is 2.69. The van der Waals surface area contributed by atoms with E-state index in [9.17, 15) is 4.79 Å². The molecule has 0 saturated heterocycles. The van der Waals surface area contributed by atoms with Crippen LogP contribution in [0.1, 0.15) is 44.2 Å². The number of benzene rings is 1. The molecule has 21 heavy (non-hydrogen) atoms. The van der Waals surface area contributed by atoms with Crippen molar-refractivity contribution in [3.8, 4) is 0 Å². The predicted octanol–water partition coefficient (Wildman–Crippen LogP) is 2.84. The molecule has 4 heteroatoms. The van der Waals surface area contributed by atoms with Crippen molar-refractivity contribution in [1.82, 2.24) is 5.32 Å². The summed E-state index contributed by atoms with van der Waals surface area (Å²) in [4.78, 5) is 12.5. The highest BCUT2D eigenvalue weighted by molar-refractivity contribution is 5.87. The van der Waals surface area contributed by atoms with Gasteiger partial charge in [0.15, 0.2) is 0 Å². The maximum Gasteiger partial charge on any atom is 0.227 e. The third-order valence-corrected chi connectivity index (χ3v) is 4.77. The Kier molecular flexibility index (Phi) is 3.57. The zero-order valence-corrected chi connectivity index (χ0v) is 12.4. The largest absolute Gasteiger partial charge is 0.375 e. The predicted molar refractivity (Wildman–Crippen MR) is 81.4 cm³/mol. The first-order valence-electron chi connectivity index (χ1n) is 7.62. The molecule has 4 rings (SSSR count). The van der Waals surface area contributed by atoms with Gasteiger partial charge in [-0.15, -0.1) is 0 Å². The SMILES string of the molecule is CCOC12CC(C(=O)NC(CC=N)c3ccccc3)(C1)C2. The molecule has 3 aliphatic carbocycles. The first kappa shape index (κ1) is 14.3. The second kappa shape index (κ2) is 5.26. The number of hydrogen-bond acceptors (Lipinski definition) is 3. The van der Waals surface area contributed by atoms with Crippen LogP contribution in [0.15, 0.2) is 30.3 Å². The topological polar surface area (TPSA) is 62.2 Å². The van der Waals surface area contributed by atoms with Gasteiger partial charge >= 0.3 is 0 Å². The van der Waals surface area contributed by atoms with E-state index in [2.05, 4.69) is 5.32 Å². The molecule has 3 saturated carbocycles. The average Bonchev–Trinajstić information content (AvgIpc) is 2.41. The molecule has 3 aliphatic rings. The van der Waals surface area contributed by atoms with E-state index in [1.807, 2.05) is 37.3 Å². The molecule has 1 aromatic carbocycles. The van der Waals surface area contributed by atoms with Crippen molar-refractivity contribution in [2.75, 3.05) is 6.61 Å². The van der Waals surface area contributed by atoms with Gasteiger partial charge < -0.3 is 15.5 Å². The van der Waals surface area contributed by atoms with Crippen LogP contribution in [-0.2, 0) is 9.53 Å². The van der Waals surface area contributed by atoms with E-state index in [4.69, 9.17) is 10.1 Å². The summed E-state index contributed by atoms with van der Waals surface area (Å²) in [6.07, 6.45) is 4.45. The molecule has 0 heterocycles. The van der Waals surface area contributed by atoms with Gasteiger partial charge in [0.25, 0.3) is 0 Å². The van der Waals surface area contributed by atoms with E-state index in [1.54, 1.807) is 0 Å². The number of nitrogens with one attached hydrogen (secondary N) is 2. The van der Waals surface area contributed by atoms with Gasteiger partial charge in [-0.25, -0.2) is 0 Å². The molecular weight excluding hydrogens is 264 g/mol. The second-order valence-electron chi connectivity index (χ2n) is 6.30. The Hall–Kier alpha value is -1.68. The summed E-state index contributed by atoms with van der Waals surface area (Å²) in [7, 11) is 0. The van der Waals surface area contributed by atoms with Crippen LogP contribution in [0.4, 0.5) is 0 Å². The first-order valence-corrected chi connectivity index (χ1v) is 7.62. The standard InChI is InChI=1S/C17H22N2O2/c1-2-21-17-10-16(11-17,12-17)15(20)19-14(8-9-18)13-6-4-3-5-7-13/h3-7,9,14,18H,2,8,10-12H2,1H3,(H,19,20). The van der Waals surface area contributed by atoms with Crippen molar-refractivity contribution < 1.29 is 9.53 Å². The quantitative estimate of drug-likeness (QED) is 0.757. The van der Waals surface area contributed by atoms with Gasteiger partial charge in [0.05, 0.1) is 17.1 Å². The minimum Gasteiger partial charge on any atom is -0.375 e. The fourth-order valence-electron chi connectivity index (χ4n) is 3.79. The highest BCUT2D eigenvalue weighted by Gasteiger charge is 2.72. The van der Waals surface area contributed by atoms with Gasteiger partial charge in [0.2, 0.25) is 5.91 Å². The fourth-order valence-corrected chi connectivity index (χ4v) is 3.79. The van der Waals surface area contributed by atoms with Crippen LogP contribution in [0.5, 0.6) is 0 Å². The van der Waals surface area contributed by atoms with Gasteiger partial charge in [0.1, 0.15) is 0 Å². The molecule has 1 amide bonds. The van der Waals surface area contributed by atoms with E-state index in [0.717, 1.165) is 31.4 Å². The van der Waals surface area contributed by atoms with Crippen LogP contribution in [-0.4, -0.2) is 24.3 Å². The van der Waals surface area contributed by atoms with Crippen LogP contribution in [0.3, 0.4) is 0 Å². The lowest BCUT2D eigenvalue weighted by atomic mass is 9.40. The zero-order chi connectivity index (χ0) is 14.9. The van der Waals surface area contributed by atoms with Gasteiger partial charge in [0, 0.05) is 13.0 Å². The summed E-state index contributed by atoms with van der Waals surface area (Å²) in [5.74, 6) is 0.125. The summed E-state index contributed by atoms with van der Waals surface area (Å²) < 4.78 is 5.73. The van der Waals surface area contributed by atoms with E-state index in [0.29, 0.717) is 6.42 Å². The number of amides is 1. The Bertz CT molecular complexity index is 521. The van der Waals surface area contributed by atoms with Gasteiger partial charge in [-0.05, 0) is 38.0 Å². The maximum absolute atomic E-state index is 12.5. The molecule has 0 radical (unpaired) electrons. The molecule has 0 spiro atoms. The fraction of sp³-hybridized carbons (Fsp3) is 0.529. The first-order chi connectivity index (χ1) is 10.1. The molecule has 0 aromatic heterocycles. The van der Waals surface area contributed by atoms with Crippen molar-refractivity contribution >= 4 is 12.1 Å². The molecule has 1 aromatic rings. The van der Waals surface area contributed by atoms with Crippen LogP contribution in [0.2, 0.25) is 0 Å². The number of carbonyl (C=O) groups excluding carboxylic acids is 1. The molecule has 4 nitrogen and oxygen atoms in total. The Labute approximate surface area is 125 Å². The maximum atomic E-state index is 12.5. The van der Waals surface area contributed by atoms with Crippen molar-refractivity contribution in [3.05, 3.63) is 35.9 Å². The lowest BCUT2D eigenvalue weighted by Gasteiger charge is -2.68. The summed E-state index contributed by atoms with van der Waals surface area (Å²) in [5.41, 5.74) is 0.848. The van der Waals surface area contributed by atoms with Crippen molar-refractivity contribution in [3.63, 3.8) is 0 Å². The summed E-state index contributed by atoms with van der Waals surface area (Å²) in [6, 6.07) is 9.77. The lowest BCUT2D eigenvalue weighted by molar-refractivity contribution is -0.272. The molecule has 0 aliphatic heterocycles. The van der Waals surface area contributed by atoms with Gasteiger partial charge in [-0.2, -0.15) is 0 Å². The van der Waals surface area contributed by atoms with Crippen molar-refractivity contribution in [1.29, 1.82) is 5.41 Å². The van der Waals surface area contributed by atoms with E-state index >= 15 is 0 Å². The molecule has 1 atom stereocenters. The molecule has 2 bridgehead atoms. The molecule has 1 unspecified atom stereocenters. The van der Waals surface area contributed by atoms with Crippen molar-refractivity contribution in [2.24, 2.45) is 5.41 Å². The minimum atomic E-state index is -0.204. The average molecular weight is 286 g/mol. The van der Waals surface area contributed by atoms with Crippen LogP contribution in [0, 0.1) is 10.8 Å². The van der Waals surface area contributed by atoms with Gasteiger partial charge in [-0.3, -0.25) is 4.79 Å². The van der Waals surface area contributed by atoms with Crippen LogP contribution >= 0.6 is 0 Å². The Balaban J connectivity index is 1.63. The Morgan fingerprint density at radius 1 is 1.38 bits per heavy atom. The Morgan fingerprint density at radius 3 is 2.62 bits per heavy atom. The monoisotopic (exact) mass is 286 g/mol. The molecule has 2 N–H and O–H groups in total. The summed E-state index contributed by atoms with van der Waals surface area (Å²) in [6.45, 7) is 2.72. The third-order valence-electron chi connectivity index (χ3n) is 4.77. The van der Waals surface area contributed by atoms with E-state index < -0.39 is 0 Å². The molecule has 112 valence electrons. The Morgan fingerprint density at radius 2 is 2.05 bits per heavy atom. The highest BCUT2D eigenvalue weighted by atomic mass is 16.5. The summed E-state index contributed by atoms with van der Waals surface area (Å²) in [5, 5.41) is 10.5. The number of carbonyl (C=O) groups is 1. The number of rotatable bonds is 7. The molecular formula is C17H22N2O2. The minimum absolute atomic E-state index is 0.00409. The van der Waals surface area contributed by atoms with Crippen LogP contribution in [0.25, 0.3) is 0 Å². The lowest BCUT2D eigenvalue weighted by Crippen LogP contribution is -2.73.